The SMILES string of the molecule is COc1ccc(C(=O)N2CCC(OC(=O)NCc3ccccc3OC)(c3ccccc3)CC2)cc1. The van der Waals surface area contributed by atoms with Crippen molar-refractivity contribution in [3.8, 4) is 11.5 Å². The molecule has 3 aromatic carbocycles. The molecule has 7 heteroatoms. The van der Waals surface area contributed by atoms with Crippen LogP contribution in [-0.4, -0.2) is 44.2 Å². The molecule has 0 bridgehead atoms. The molecule has 182 valence electrons. The normalized spacial score (nSPS) is 14.6. The number of hydrogen-bond donors (Lipinski definition) is 1. The van der Waals surface area contributed by atoms with Gasteiger partial charge in [0.1, 0.15) is 17.1 Å². The van der Waals surface area contributed by atoms with Gasteiger partial charge in [0.25, 0.3) is 5.91 Å². The van der Waals surface area contributed by atoms with Crippen LogP contribution in [-0.2, 0) is 16.9 Å². The van der Waals surface area contributed by atoms with Crippen LogP contribution in [0.25, 0.3) is 0 Å². The molecular formula is C28H30N2O5. The van der Waals surface area contributed by atoms with Crippen LogP contribution in [0.4, 0.5) is 4.79 Å². The average molecular weight is 475 g/mol. The molecular weight excluding hydrogens is 444 g/mol. The van der Waals surface area contributed by atoms with Crippen LogP contribution in [0, 0.1) is 0 Å². The minimum absolute atomic E-state index is 0.0464. The zero-order valence-corrected chi connectivity index (χ0v) is 20.0. The number of para-hydroxylation sites is 1. The fourth-order valence-electron chi connectivity index (χ4n) is 4.41. The summed E-state index contributed by atoms with van der Waals surface area (Å²) in [6.45, 7) is 1.23. The topological polar surface area (TPSA) is 77.1 Å². The summed E-state index contributed by atoms with van der Waals surface area (Å²) in [5.41, 5.74) is 1.57. The highest BCUT2D eigenvalue weighted by Crippen LogP contribution is 2.37. The molecule has 1 N–H and O–H groups in total. The first-order valence-electron chi connectivity index (χ1n) is 11.6. The summed E-state index contributed by atoms with van der Waals surface area (Å²) in [6.07, 6.45) is 0.497. The van der Waals surface area contributed by atoms with E-state index in [2.05, 4.69) is 5.32 Å². The van der Waals surface area contributed by atoms with Gasteiger partial charge in [-0.25, -0.2) is 4.79 Å². The second kappa shape index (κ2) is 11.0. The molecule has 0 aromatic heterocycles. The van der Waals surface area contributed by atoms with E-state index in [1.54, 1.807) is 43.4 Å². The Kier molecular flexibility index (Phi) is 7.55. The maximum absolute atomic E-state index is 13.0. The maximum atomic E-state index is 13.0. The molecule has 7 nitrogen and oxygen atoms in total. The third-order valence-corrected chi connectivity index (χ3v) is 6.40. The van der Waals surface area contributed by atoms with E-state index in [0.717, 1.165) is 11.1 Å². The fraction of sp³-hybridized carbons (Fsp3) is 0.286. The molecule has 2 amide bonds. The second-order valence-electron chi connectivity index (χ2n) is 8.44. The summed E-state index contributed by atoms with van der Waals surface area (Å²) < 4.78 is 16.6. The Bertz CT molecular complexity index is 1140. The molecule has 1 aliphatic heterocycles. The summed E-state index contributed by atoms with van der Waals surface area (Å²) in [7, 11) is 3.19. The first-order chi connectivity index (χ1) is 17.0. The Balaban J connectivity index is 1.45. The lowest BCUT2D eigenvalue weighted by molar-refractivity contribution is -0.0359. The van der Waals surface area contributed by atoms with Crippen molar-refractivity contribution in [3.05, 3.63) is 95.6 Å². The Morgan fingerprint density at radius 3 is 2.17 bits per heavy atom. The van der Waals surface area contributed by atoms with E-state index in [1.807, 2.05) is 54.6 Å². The van der Waals surface area contributed by atoms with Gasteiger partial charge in [0, 0.05) is 43.6 Å². The number of piperidine rings is 1. The van der Waals surface area contributed by atoms with Crippen molar-refractivity contribution in [2.24, 2.45) is 0 Å². The number of benzene rings is 3. The van der Waals surface area contributed by atoms with Gasteiger partial charge >= 0.3 is 6.09 Å². The van der Waals surface area contributed by atoms with Gasteiger partial charge in [0.05, 0.1) is 14.2 Å². The lowest BCUT2D eigenvalue weighted by atomic mass is 9.84. The number of hydrogen-bond acceptors (Lipinski definition) is 5. The molecule has 3 aromatic rings. The summed E-state index contributed by atoms with van der Waals surface area (Å²) in [5, 5.41) is 2.85. The Morgan fingerprint density at radius 2 is 1.51 bits per heavy atom. The van der Waals surface area contributed by atoms with Crippen molar-refractivity contribution in [3.63, 3.8) is 0 Å². The fourth-order valence-corrected chi connectivity index (χ4v) is 4.41. The average Bonchev–Trinajstić information content (AvgIpc) is 2.92. The van der Waals surface area contributed by atoms with Crippen LogP contribution in [0.5, 0.6) is 11.5 Å². The number of likely N-dealkylation sites (tertiary alicyclic amines) is 1. The van der Waals surface area contributed by atoms with Crippen LogP contribution < -0.4 is 14.8 Å². The number of methoxy groups -OCH3 is 2. The molecule has 0 unspecified atom stereocenters. The molecule has 0 spiro atoms. The van der Waals surface area contributed by atoms with Gasteiger partial charge < -0.3 is 24.4 Å². The third-order valence-electron chi connectivity index (χ3n) is 6.40. The highest BCUT2D eigenvalue weighted by atomic mass is 16.6. The van der Waals surface area contributed by atoms with Crippen LogP contribution >= 0.6 is 0 Å². The van der Waals surface area contributed by atoms with Crippen molar-refractivity contribution in [1.82, 2.24) is 10.2 Å². The van der Waals surface area contributed by atoms with Crippen LogP contribution in [0.15, 0.2) is 78.9 Å². The van der Waals surface area contributed by atoms with E-state index in [-0.39, 0.29) is 12.5 Å². The molecule has 0 atom stereocenters. The lowest BCUT2D eigenvalue weighted by Gasteiger charge is -2.41. The first-order valence-corrected chi connectivity index (χ1v) is 11.6. The second-order valence-corrected chi connectivity index (χ2v) is 8.44. The highest BCUT2D eigenvalue weighted by molar-refractivity contribution is 5.94. The monoisotopic (exact) mass is 474 g/mol. The number of nitrogens with zero attached hydrogens (tertiary/aromatic N) is 1. The first kappa shape index (κ1) is 24.1. The number of nitrogens with one attached hydrogen (secondary N) is 1. The molecule has 1 aliphatic rings. The van der Waals surface area contributed by atoms with Gasteiger partial charge in [-0.05, 0) is 35.9 Å². The molecule has 4 rings (SSSR count). The molecule has 0 saturated carbocycles. The number of rotatable bonds is 7. The zero-order chi connectivity index (χ0) is 24.7. The number of carbonyl (C=O) groups excluding carboxylic acids is 2. The van der Waals surface area contributed by atoms with Crippen molar-refractivity contribution < 1.29 is 23.8 Å². The molecule has 1 heterocycles. The Morgan fingerprint density at radius 1 is 0.857 bits per heavy atom. The summed E-state index contributed by atoms with van der Waals surface area (Å²) >= 11 is 0. The van der Waals surface area contributed by atoms with E-state index >= 15 is 0 Å². The van der Waals surface area contributed by atoms with Gasteiger partial charge in [-0.1, -0.05) is 48.5 Å². The number of alkyl carbamates (subject to hydrolysis) is 1. The van der Waals surface area contributed by atoms with Crippen molar-refractivity contribution in [1.29, 1.82) is 0 Å². The van der Waals surface area contributed by atoms with E-state index in [9.17, 15) is 9.59 Å². The minimum Gasteiger partial charge on any atom is -0.497 e. The lowest BCUT2D eigenvalue weighted by Crippen LogP contribution is -2.48. The van der Waals surface area contributed by atoms with Crippen molar-refractivity contribution in [2.75, 3.05) is 27.3 Å². The van der Waals surface area contributed by atoms with E-state index in [1.165, 1.54) is 0 Å². The Labute approximate surface area is 205 Å². The smallest absolute Gasteiger partial charge is 0.408 e. The molecule has 1 saturated heterocycles. The number of carbonyl (C=O) groups is 2. The number of amides is 2. The van der Waals surface area contributed by atoms with Gasteiger partial charge in [-0.15, -0.1) is 0 Å². The predicted octanol–water partition coefficient (Wildman–Crippen LogP) is 4.76. The molecule has 0 aliphatic carbocycles. The molecule has 35 heavy (non-hydrogen) atoms. The van der Waals surface area contributed by atoms with E-state index in [0.29, 0.717) is 43.0 Å². The van der Waals surface area contributed by atoms with Crippen molar-refractivity contribution >= 4 is 12.0 Å². The minimum atomic E-state index is -0.817. The zero-order valence-electron chi connectivity index (χ0n) is 20.0. The quantitative estimate of drug-likeness (QED) is 0.534. The molecule has 1 fully saturated rings. The van der Waals surface area contributed by atoms with Gasteiger partial charge in [0.15, 0.2) is 0 Å². The summed E-state index contributed by atoms with van der Waals surface area (Å²) in [6, 6.07) is 24.3. The van der Waals surface area contributed by atoms with Gasteiger partial charge in [-0.2, -0.15) is 0 Å². The Hall–Kier alpha value is -4.00. The standard InChI is InChI=1S/C28H30N2O5/c1-33-24-14-12-21(13-15-24)26(31)30-18-16-28(17-19-30,23-9-4-3-5-10-23)35-27(32)29-20-22-8-6-7-11-25(22)34-2/h3-15H,16-20H2,1-2H3,(H,29,32). The maximum Gasteiger partial charge on any atom is 0.408 e. The molecule has 0 radical (unpaired) electrons. The largest absolute Gasteiger partial charge is 0.497 e. The van der Waals surface area contributed by atoms with E-state index < -0.39 is 11.7 Å². The van der Waals surface area contributed by atoms with Crippen LogP contribution in [0.1, 0.15) is 34.3 Å². The van der Waals surface area contributed by atoms with Gasteiger partial charge in [0.2, 0.25) is 0 Å². The van der Waals surface area contributed by atoms with Crippen molar-refractivity contribution in [2.45, 2.75) is 25.0 Å². The summed E-state index contributed by atoms with van der Waals surface area (Å²) in [5.74, 6) is 1.36. The van der Waals surface area contributed by atoms with E-state index in [4.69, 9.17) is 14.2 Å². The third kappa shape index (κ3) is 5.57. The van der Waals surface area contributed by atoms with Crippen LogP contribution in [0.2, 0.25) is 0 Å². The predicted molar refractivity (Wildman–Crippen MR) is 133 cm³/mol. The highest BCUT2D eigenvalue weighted by Gasteiger charge is 2.41. The number of ether oxygens (including phenoxy) is 3. The summed E-state index contributed by atoms with van der Waals surface area (Å²) in [4.78, 5) is 27.7. The van der Waals surface area contributed by atoms with Crippen LogP contribution in [0.3, 0.4) is 0 Å². The van der Waals surface area contributed by atoms with Gasteiger partial charge in [-0.3, -0.25) is 4.79 Å².